The van der Waals surface area contributed by atoms with Gasteiger partial charge < -0.3 is 4.74 Å². The maximum atomic E-state index is 12.7. The zero-order valence-electron chi connectivity index (χ0n) is 14.1. The number of methoxy groups -OCH3 is 1. The SMILES string of the molecule is CC[C@@](C)(N=C(Cl)C(C)C(=N)OC)N1C(=O)c2ccccc2C1=O. The highest BCUT2D eigenvalue weighted by atomic mass is 35.5. The van der Waals surface area contributed by atoms with Crippen LogP contribution in [0.25, 0.3) is 0 Å². The summed E-state index contributed by atoms with van der Waals surface area (Å²) in [5.41, 5.74) is -0.399. The predicted octanol–water partition coefficient (Wildman–Crippen LogP) is 3.31. The number of imide groups is 1. The molecular formula is C17H20ClN3O3. The smallest absolute Gasteiger partial charge is 0.263 e. The van der Waals surface area contributed by atoms with Crippen LogP contribution in [0.3, 0.4) is 0 Å². The molecule has 1 aromatic carbocycles. The van der Waals surface area contributed by atoms with Crippen molar-refractivity contribution in [2.24, 2.45) is 10.9 Å². The Hall–Kier alpha value is -2.21. The average molecular weight is 350 g/mol. The fraction of sp³-hybridized carbons (Fsp3) is 0.412. The summed E-state index contributed by atoms with van der Waals surface area (Å²) >= 11 is 6.23. The van der Waals surface area contributed by atoms with Crippen LogP contribution in [0.5, 0.6) is 0 Å². The molecule has 0 saturated carbocycles. The van der Waals surface area contributed by atoms with Gasteiger partial charge in [0.1, 0.15) is 10.8 Å². The Morgan fingerprint density at radius 3 is 2.25 bits per heavy atom. The summed E-state index contributed by atoms with van der Waals surface area (Å²) in [5.74, 6) is -1.37. The summed E-state index contributed by atoms with van der Waals surface area (Å²) in [6, 6.07) is 6.68. The topological polar surface area (TPSA) is 82.8 Å². The van der Waals surface area contributed by atoms with Gasteiger partial charge in [-0.05, 0) is 32.4 Å². The molecule has 1 aliphatic heterocycles. The lowest BCUT2D eigenvalue weighted by Gasteiger charge is -2.33. The van der Waals surface area contributed by atoms with Crippen molar-refractivity contribution in [2.45, 2.75) is 32.9 Å². The number of nitrogens with zero attached hydrogens (tertiary/aromatic N) is 2. The highest BCUT2D eigenvalue weighted by Gasteiger charge is 2.45. The number of fused-ring (bicyclic) bond motifs is 1. The lowest BCUT2D eigenvalue weighted by Crippen LogP contribution is -2.48. The molecule has 0 fully saturated rings. The maximum Gasteiger partial charge on any atom is 0.263 e. The number of carbonyl (C=O) groups excluding carboxylic acids is 2. The summed E-state index contributed by atoms with van der Waals surface area (Å²) in [4.78, 5) is 30.9. The van der Waals surface area contributed by atoms with Gasteiger partial charge in [-0.2, -0.15) is 0 Å². The molecule has 1 aromatic rings. The molecule has 1 aliphatic rings. The van der Waals surface area contributed by atoms with Gasteiger partial charge in [-0.15, -0.1) is 0 Å². The van der Waals surface area contributed by atoms with Gasteiger partial charge in [0.15, 0.2) is 5.90 Å². The molecule has 24 heavy (non-hydrogen) atoms. The second-order valence-electron chi connectivity index (χ2n) is 5.79. The van der Waals surface area contributed by atoms with Crippen molar-refractivity contribution >= 4 is 34.5 Å². The van der Waals surface area contributed by atoms with Crippen molar-refractivity contribution < 1.29 is 14.3 Å². The first kappa shape index (κ1) is 18.1. The number of aliphatic imine (C=N–C) groups is 1. The molecule has 2 amide bonds. The van der Waals surface area contributed by atoms with Crippen molar-refractivity contribution in [3.63, 3.8) is 0 Å². The van der Waals surface area contributed by atoms with E-state index in [2.05, 4.69) is 4.99 Å². The molecule has 1 unspecified atom stereocenters. The van der Waals surface area contributed by atoms with Crippen LogP contribution in [0.2, 0.25) is 0 Å². The number of benzene rings is 1. The van der Waals surface area contributed by atoms with E-state index in [0.717, 1.165) is 4.90 Å². The third-order valence-corrected chi connectivity index (χ3v) is 4.68. The van der Waals surface area contributed by atoms with E-state index in [0.29, 0.717) is 17.5 Å². The van der Waals surface area contributed by atoms with Gasteiger partial charge in [-0.3, -0.25) is 15.0 Å². The maximum absolute atomic E-state index is 12.7. The molecule has 6 nitrogen and oxygen atoms in total. The Labute approximate surface area is 146 Å². The minimum absolute atomic E-state index is 0.0374. The van der Waals surface area contributed by atoms with Gasteiger partial charge >= 0.3 is 0 Å². The van der Waals surface area contributed by atoms with E-state index in [1.54, 1.807) is 38.1 Å². The predicted molar refractivity (Wildman–Crippen MR) is 92.8 cm³/mol. The van der Waals surface area contributed by atoms with Crippen LogP contribution in [-0.2, 0) is 4.74 Å². The quantitative estimate of drug-likeness (QED) is 0.503. The first-order valence-corrected chi connectivity index (χ1v) is 8.00. The molecule has 2 rings (SSSR count). The van der Waals surface area contributed by atoms with E-state index >= 15 is 0 Å². The molecule has 2 atom stereocenters. The van der Waals surface area contributed by atoms with E-state index in [9.17, 15) is 9.59 Å². The summed E-state index contributed by atoms with van der Waals surface area (Å²) in [6.45, 7) is 5.18. The molecular weight excluding hydrogens is 330 g/mol. The summed E-state index contributed by atoms with van der Waals surface area (Å²) in [5, 5.41) is 7.81. The third kappa shape index (κ3) is 2.94. The molecule has 0 aromatic heterocycles. The van der Waals surface area contributed by atoms with Crippen molar-refractivity contribution in [1.29, 1.82) is 5.41 Å². The molecule has 0 aliphatic carbocycles. The molecule has 7 heteroatoms. The largest absolute Gasteiger partial charge is 0.484 e. The standard InChI is InChI=1S/C17H20ClN3O3/c1-5-17(3,20-13(18)10(2)14(19)24-4)21-15(22)11-8-6-7-9-12(11)16(21)23/h6-10,19H,5H2,1-4H3/t10?,17-/m0/s1. The number of halogens is 1. The monoisotopic (exact) mass is 349 g/mol. The fourth-order valence-corrected chi connectivity index (χ4v) is 2.81. The van der Waals surface area contributed by atoms with Crippen LogP contribution >= 0.6 is 11.6 Å². The first-order valence-electron chi connectivity index (χ1n) is 7.62. The molecule has 1 N–H and O–H groups in total. The Bertz CT molecular complexity index is 697. The van der Waals surface area contributed by atoms with Gasteiger partial charge in [0, 0.05) is 0 Å². The van der Waals surface area contributed by atoms with Crippen molar-refractivity contribution in [3.05, 3.63) is 35.4 Å². The fourth-order valence-electron chi connectivity index (χ4n) is 2.53. The van der Waals surface area contributed by atoms with E-state index in [4.69, 9.17) is 21.7 Å². The van der Waals surface area contributed by atoms with E-state index < -0.39 is 11.6 Å². The van der Waals surface area contributed by atoms with Crippen molar-refractivity contribution in [2.75, 3.05) is 7.11 Å². The second-order valence-corrected chi connectivity index (χ2v) is 6.17. The van der Waals surface area contributed by atoms with Crippen LogP contribution in [0, 0.1) is 11.3 Å². The van der Waals surface area contributed by atoms with E-state index in [1.165, 1.54) is 7.11 Å². The molecule has 0 saturated heterocycles. The van der Waals surface area contributed by atoms with E-state index in [-0.39, 0.29) is 22.9 Å². The number of amides is 2. The average Bonchev–Trinajstić information content (AvgIpc) is 2.85. The van der Waals surface area contributed by atoms with E-state index in [1.807, 2.05) is 6.92 Å². The van der Waals surface area contributed by atoms with Crippen LogP contribution in [-0.4, -0.2) is 40.6 Å². The highest BCUT2D eigenvalue weighted by Crippen LogP contribution is 2.33. The Balaban J connectivity index is 2.43. The lowest BCUT2D eigenvalue weighted by molar-refractivity contribution is 0.0458. The van der Waals surface area contributed by atoms with Crippen LogP contribution in [0.1, 0.15) is 47.9 Å². The Morgan fingerprint density at radius 1 is 1.33 bits per heavy atom. The second kappa shape index (κ2) is 6.73. The van der Waals surface area contributed by atoms with Gasteiger partial charge in [0.2, 0.25) is 0 Å². The number of hydrogen-bond donors (Lipinski definition) is 1. The minimum atomic E-state index is -1.13. The number of carbonyl (C=O) groups is 2. The summed E-state index contributed by atoms with van der Waals surface area (Å²) < 4.78 is 4.87. The third-order valence-electron chi connectivity index (χ3n) is 4.26. The van der Waals surface area contributed by atoms with Crippen LogP contribution in [0.15, 0.2) is 29.3 Å². The number of hydrogen-bond acceptors (Lipinski definition) is 5. The molecule has 0 radical (unpaired) electrons. The van der Waals surface area contributed by atoms with Gasteiger partial charge in [0.05, 0.1) is 24.2 Å². The zero-order valence-corrected chi connectivity index (χ0v) is 14.8. The molecule has 0 spiro atoms. The molecule has 0 bridgehead atoms. The zero-order chi connectivity index (χ0) is 18.1. The van der Waals surface area contributed by atoms with Crippen LogP contribution in [0.4, 0.5) is 0 Å². The lowest BCUT2D eigenvalue weighted by atomic mass is 10.1. The number of ether oxygens (including phenoxy) is 1. The normalized spacial score (nSPS) is 18.2. The van der Waals surface area contributed by atoms with Gasteiger partial charge in [-0.1, -0.05) is 30.7 Å². The highest BCUT2D eigenvalue weighted by molar-refractivity contribution is 6.67. The molecule has 1 heterocycles. The summed E-state index contributed by atoms with van der Waals surface area (Å²) in [6.07, 6.45) is 0.391. The Kier molecular flexibility index (Phi) is 5.08. The first-order chi connectivity index (χ1) is 11.3. The van der Waals surface area contributed by atoms with Gasteiger partial charge in [0.25, 0.3) is 11.8 Å². The number of rotatable bonds is 5. The van der Waals surface area contributed by atoms with Crippen molar-refractivity contribution in [1.82, 2.24) is 4.90 Å². The number of nitrogens with one attached hydrogen (secondary N) is 1. The minimum Gasteiger partial charge on any atom is -0.484 e. The Morgan fingerprint density at radius 2 is 1.83 bits per heavy atom. The van der Waals surface area contributed by atoms with Gasteiger partial charge in [-0.25, -0.2) is 9.89 Å². The summed E-state index contributed by atoms with van der Waals surface area (Å²) in [7, 11) is 1.38. The van der Waals surface area contributed by atoms with Crippen molar-refractivity contribution in [3.8, 4) is 0 Å². The molecule has 128 valence electrons. The van der Waals surface area contributed by atoms with Crippen LogP contribution < -0.4 is 0 Å².